The minimum atomic E-state index is -0.117. The second kappa shape index (κ2) is 6.95. The van der Waals surface area contributed by atoms with Crippen LogP contribution >= 0.6 is 0 Å². The number of rotatable bonds is 6. The van der Waals surface area contributed by atoms with Gasteiger partial charge < -0.3 is 19.9 Å². The standard InChI is InChI=1S/C16H25NO3/c1-19-14-8-13(9-15(10-14)20-2)11-17-16(12-18)6-4-3-5-7-16/h8-10,17-18H,3-7,11-12H2,1-2H3. The van der Waals surface area contributed by atoms with Crippen molar-refractivity contribution in [2.45, 2.75) is 44.2 Å². The predicted molar refractivity (Wildman–Crippen MR) is 79.3 cm³/mol. The molecule has 0 aromatic heterocycles. The van der Waals surface area contributed by atoms with E-state index in [1.165, 1.54) is 19.3 Å². The Hall–Kier alpha value is -1.26. The molecule has 0 aliphatic heterocycles. The zero-order valence-electron chi connectivity index (χ0n) is 12.4. The van der Waals surface area contributed by atoms with Gasteiger partial charge in [0, 0.05) is 18.2 Å². The van der Waals surface area contributed by atoms with Crippen molar-refractivity contribution < 1.29 is 14.6 Å². The average molecular weight is 279 g/mol. The van der Waals surface area contributed by atoms with Crippen LogP contribution in [-0.4, -0.2) is 31.5 Å². The molecule has 2 N–H and O–H groups in total. The molecule has 0 unspecified atom stereocenters. The van der Waals surface area contributed by atoms with Crippen molar-refractivity contribution in [1.29, 1.82) is 0 Å². The third-order valence-corrected chi connectivity index (χ3v) is 4.19. The number of aliphatic hydroxyl groups excluding tert-OH is 1. The highest BCUT2D eigenvalue weighted by molar-refractivity contribution is 5.38. The van der Waals surface area contributed by atoms with Gasteiger partial charge in [-0.15, -0.1) is 0 Å². The lowest BCUT2D eigenvalue weighted by atomic mass is 9.82. The first kappa shape index (κ1) is 15.1. The third kappa shape index (κ3) is 3.64. The largest absolute Gasteiger partial charge is 0.497 e. The van der Waals surface area contributed by atoms with E-state index in [1.54, 1.807) is 14.2 Å². The lowest BCUT2D eigenvalue weighted by Crippen LogP contribution is -2.49. The molecule has 1 aromatic rings. The third-order valence-electron chi connectivity index (χ3n) is 4.19. The first-order valence-corrected chi connectivity index (χ1v) is 7.29. The zero-order valence-corrected chi connectivity index (χ0v) is 12.4. The number of nitrogens with one attached hydrogen (secondary N) is 1. The zero-order chi connectivity index (χ0) is 14.4. The molecule has 1 saturated carbocycles. The number of benzene rings is 1. The van der Waals surface area contributed by atoms with Crippen molar-refractivity contribution in [3.8, 4) is 11.5 Å². The molecule has 0 saturated heterocycles. The summed E-state index contributed by atoms with van der Waals surface area (Å²) in [6.45, 7) is 0.919. The molecule has 1 aliphatic carbocycles. The van der Waals surface area contributed by atoms with Crippen LogP contribution in [0, 0.1) is 0 Å². The normalized spacial score (nSPS) is 17.8. The molecule has 4 heteroatoms. The van der Waals surface area contributed by atoms with E-state index in [4.69, 9.17) is 9.47 Å². The Kier molecular flexibility index (Phi) is 5.26. The summed E-state index contributed by atoms with van der Waals surface area (Å²) < 4.78 is 10.6. The van der Waals surface area contributed by atoms with Gasteiger partial charge in [0.2, 0.25) is 0 Å². The Morgan fingerprint density at radius 2 is 1.65 bits per heavy atom. The Morgan fingerprint density at radius 3 is 2.15 bits per heavy atom. The number of hydrogen-bond donors (Lipinski definition) is 2. The summed E-state index contributed by atoms with van der Waals surface area (Å²) in [6, 6.07) is 5.87. The summed E-state index contributed by atoms with van der Waals surface area (Å²) in [4.78, 5) is 0. The summed E-state index contributed by atoms with van der Waals surface area (Å²) in [5.74, 6) is 1.59. The molecular weight excluding hydrogens is 254 g/mol. The van der Waals surface area contributed by atoms with Crippen LogP contribution in [0.2, 0.25) is 0 Å². The minimum Gasteiger partial charge on any atom is -0.497 e. The van der Waals surface area contributed by atoms with Crippen LogP contribution in [0.5, 0.6) is 11.5 Å². The smallest absolute Gasteiger partial charge is 0.122 e. The first-order chi connectivity index (χ1) is 9.71. The summed E-state index contributed by atoms with van der Waals surface area (Å²) >= 11 is 0. The maximum absolute atomic E-state index is 9.71. The van der Waals surface area contributed by atoms with Gasteiger partial charge in [-0.1, -0.05) is 19.3 Å². The van der Waals surface area contributed by atoms with Crippen molar-refractivity contribution in [1.82, 2.24) is 5.32 Å². The number of aliphatic hydroxyl groups is 1. The van der Waals surface area contributed by atoms with Gasteiger partial charge in [-0.05, 0) is 30.5 Å². The molecule has 1 aliphatic rings. The average Bonchev–Trinajstić information content (AvgIpc) is 2.53. The van der Waals surface area contributed by atoms with Crippen LogP contribution in [0.4, 0.5) is 0 Å². The van der Waals surface area contributed by atoms with Gasteiger partial charge in [-0.3, -0.25) is 0 Å². The Morgan fingerprint density at radius 1 is 1.05 bits per heavy atom. The maximum Gasteiger partial charge on any atom is 0.122 e. The molecule has 1 fully saturated rings. The monoisotopic (exact) mass is 279 g/mol. The molecule has 0 spiro atoms. The van der Waals surface area contributed by atoms with Gasteiger partial charge in [-0.25, -0.2) is 0 Å². The SMILES string of the molecule is COc1cc(CNC2(CO)CCCCC2)cc(OC)c1. The van der Waals surface area contributed by atoms with E-state index < -0.39 is 0 Å². The van der Waals surface area contributed by atoms with E-state index >= 15 is 0 Å². The van der Waals surface area contributed by atoms with Crippen LogP contribution in [0.25, 0.3) is 0 Å². The van der Waals surface area contributed by atoms with Gasteiger partial charge in [0.25, 0.3) is 0 Å². The van der Waals surface area contributed by atoms with E-state index in [2.05, 4.69) is 5.32 Å². The highest BCUT2D eigenvalue weighted by Gasteiger charge is 2.30. The molecule has 4 nitrogen and oxygen atoms in total. The topological polar surface area (TPSA) is 50.7 Å². The maximum atomic E-state index is 9.71. The van der Waals surface area contributed by atoms with Crippen molar-refractivity contribution in [2.24, 2.45) is 0 Å². The molecule has 0 bridgehead atoms. The number of ether oxygens (including phenoxy) is 2. The summed E-state index contributed by atoms with van der Waals surface area (Å²) in [7, 11) is 3.31. The molecule has 0 amide bonds. The fourth-order valence-electron chi connectivity index (χ4n) is 2.88. The molecule has 0 radical (unpaired) electrons. The molecular formula is C16H25NO3. The van der Waals surface area contributed by atoms with Crippen LogP contribution in [0.15, 0.2) is 18.2 Å². The Labute approximate surface area is 121 Å². The Balaban J connectivity index is 2.05. The van der Waals surface area contributed by atoms with E-state index in [0.29, 0.717) is 6.54 Å². The quantitative estimate of drug-likeness (QED) is 0.840. The fourth-order valence-corrected chi connectivity index (χ4v) is 2.88. The first-order valence-electron chi connectivity index (χ1n) is 7.29. The summed E-state index contributed by atoms with van der Waals surface area (Å²) in [5, 5.41) is 13.3. The fraction of sp³-hybridized carbons (Fsp3) is 0.625. The lowest BCUT2D eigenvalue weighted by Gasteiger charge is -2.36. The molecule has 1 aromatic carbocycles. The summed E-state index contributed by atoms with van der Waals surface area (Å²) in [5.41, 5.74) is 0.994. The van der Waals surface area contributed by atoms with Crippen molar-refractivity contribution >= 4 is 0 Å². The van der Waals surface area contributed by atoms with Crippen molar-refractivity contribution in [3.05, 3.63) is 23.8 Å². The minimum absolute atomic E-state index is 0.117. The van der Waals surface area contributed by atoms with Crippen molar-refractivity contribution in [2.75, 3.05) is 20.8 Å². The second-order valence-corrected chi connectivity index (χ2v) is 5.57. The van der Waals surface area contributed by atoms with Crippen LogP contribution in [0.3, 0.4) is 0 Å². The van der Waals surface area contributed by atoms with E-state index in [1.807, 2.05) is 18.2 Å². The van der Waals surface area contributed by atoms with Crippen LogP contribution in [0.1, 0.15) is 37.7 Å². The predicted octanol–water partition coefficient (Wildman–Crippen LogP) is 2.49. The highest BCUT2D eigenvalue weighted by atomic mass is 16.5. The van der Waals surface area contributed by atoms with Gasteiger partial charge in [0.15, 0.2) is 0 Å². The molecule has 20 heavy (non-hydrogen) atoms. The Bertz CT molecular complexity index is 405. The van der Waals surface area contributed by atoms with Gasteiger partial charge >= 0.3 is 0 Å². The molecule has 0 atom stereocenters. The second-order valence-electron chi connectivity index (χ2n) is 5.57. The van der Waals surface area contributed by atoms with E-state index in [-0.39, 0.29) is 12.1 Å². The van der Waals surface area contributed by atoms with Gasteiger partial charge in [0.1, 0.15) is 11.5 Å². The van der Waals surface area contributed by atoms with Gasteiger partial charge in [0.05, 0.1) is 20.8 Å². The molecule has 0 heterocycles. The van der Waals surface area contributed by atoms with E-state index in [0.717, 1.165) is 29.9 Å². The number of hydrogen-bond acceptors (Lipinski definition) is 4. The molecule has 2 rings (SSSR count). The molecule has 112 valence electrons. The highest BCUT2D eigenvalue weighted by Crippen LogP contribution is 2.29. The lowest BCUT2D eigenvalue weighted by molar-refractivity contribution is 0.119. The van der Waals surface area contributed by atoms with Crippen molar-refractivity contribution in [3.63, 3.8) is 0 Å². The van der Waals surface area contributed by atoms with E-state index in [9.17, 15) is 5.11 Å². The van der Waals surface area contributed by atoms with Gasteiger partial charge in [-0.2, -0.15) is 0 Å². The number of methoxy groups -OCH3 is 2. The van der Waals surface area contributed by atoms with Crippen LogP contribution in [-0.2, 0) is 6.54 Å². The van der Waals surface area contributed by atoms with Crippen LogP contribution < -0.4 is 14.8 Å². The summed E-state index contributed by atoms with van der Waals surface area (Å²) in [6.07, 6.45) is 5.75.